The van der Waals surface area contributed by atoms with Crippen molar-refractivity contribution in [2.24, 2.45) is 5.41 Å². The van der Waals surface area contributed by atoms with Crippen molar-refractivity contribution in [1.29, 1.82) is 0 Å². The van der Waals surface area contributed by atoms with Crippen LogP contribution in [0, 0.1) is 12.3 Å². The van der Waals surface area contributed by atoms with Gasteiger partial charge in [-0.15, -0.1) is 0 Å². The average Bonchev–Trinajstić information content (AvgIpc) is 3.52. The maximum atomic E-state index is 10.4. The first-order chi connectivity index (χ1) is 19.7. The molecule has 0 aliphatic heterocycles. The Morgan fingerprint density at radius 2 is 1.80 bits per heavy atom. The van der Waals surface area contributed by atoms with E-state index in [-0.39, 0.29) is 52.2 Å². The average molecular weight is 785 g/mol. The molecule has 6 rings (SSSR count). The Balaban J connectivity index is 0.000000448. The number of nitrogens with zero attached hydrogens (tertiary/aromatic N) is 5. The molecule has 1 fully saturated rings. The van der Waals surface area contributed by atoms with Crippen LogP contribution in [-0.4, -0.2) is 58.2 Å². The third-order valence-corrected chi connectivity index (χ3v) is 7.50. The zero-order chi connectivity index (χ0) is 29.1. The summed E-state index contributed by atoms with van der Waals surface area (Å²) >= 11 is 0. The first kappa shape index (κ1) is 36.0. The topological polar surface area (TPSA) is 229 Å². The van der Waals surface area contributed by atoms with Gasteiger partial charge in [-0.3, -0.25) is 14.6 Å². The van der Waals surface area contributed by atoms with Crippen LogP contribution < -0.4 is 17.6 Å². The number of benzene rings is 1. The van der Waals surface area contributed by atoms with Gasteiger partial charge < -0.3 is 37.4 Å². The second-order valence-electron chi connectivity index (χ2n) is 10.6. The molecule has 10 N–H and O–H groups in total. The number of carbonyl (C=O) groups is 2. The van der Waals surface area contributed by atoms with Gasteiger partial charge in [0.15, 0.2) is 22.7 Å². The molecule has 13 nitrogen and oxygen atoms in total. The van der Waals surface area contributed by atoms with Gasteiger partial charge in [0.05, 0.1) is 6.33 Å². The molecule has 1 aromatic carbocycles. The number of nitrogens with one attached hydrogen (secondary N) is 2. The second kappa shape index (κ2) is 15.0. The molecule has 0 unspecified atom stereocenters. The molecule has 1 saturated carbocycles. The Morgan fingerprint density at radius 3 is 2.39 bits per heavy atom. The summed E-state index contributed by atoms with van der Waals surface area (Å²) in [5.41, 5.74) is 4.59. The maximum Gasteiger partial charge on any atom is 0.321 e. The second-order valence-corrected chi connectivity index (χ2v) is 10.6. The first-order valence-corrected chi connectivity index (χ1v) is 13.6. The smallest absolute Gasteiger partial charge is 0.321 e. The summed E-state index contributed by atoms with van der Waals surface area (Å²) in [7, 11) is 0. The number of anilines is 1. The zero-order valence-corrected chi connectivity index (χ0v) is 27.3. The zero-order valence-electron chi connectivity index (χ0n) is 25.0. The fourth-order valence-corrected chi connectivity index (χ4v) is 4.93. The van der Waals surface area contributed by atoms with Crippen LogP contribution in [0.3, 0.4) is 0 Å². The summed E-state index contributed by atoms with van der Waals surface area (Å²) in [6.45, 7) is 7.02. The van der Waals surface area contributed by atoms with Gasteiger partial charge >= 0.3 is 11.9 Å². The third-order valence-electron chi connectivity index (χ3n) is 7.50. The van der Waals surface area contributed by atoms with Crippen LogP contribution in [0.2, 0.25) is 0 Å². The van der Waals surface area contributed by atoms with Crippen molar-refractivity contribution in [3.8, 4) is 11.4 Å². The van der Waals surface area contributed by atoms with Crippen LogP contribution in [0.4, 0.5) is 5.82 Å². The Kier molecular flexibility index (Phi) is 12.3. The van der Waals surface area contributed by atoms with Crippen molar-refractivity contribution in [1.82, 2.24) is 41.8 Å². The van der Waals surface area contributed by atoms with Crippen LogP contribution in [0.5, 0.6) is 0 Å². The van der Waals surface area contributed by atoms with E-state index in [4.69, 9.17) is 20.2 Å². The molecule has 4 aromatic heterocycles. The van der Waals surface area contributed by atoms with Gasteiger partial charge in [-0.05, 0) is 69.7 Å². The van der Waals surface area contributed by atoms with E-state index in [0.29, 0.717) is 12.2 Å². The number of aromatic amines is 1. The van der Waals surface area contributed by atoms with Crippen LogP contribution in [0.1, 0.15) is 50.3 Å². The monoisotopic (exact) mass is 784 g/mol. The molecule has 4 heterocycles. The van der Waals surface area contributed by atoms with Crippen molar-refractivity contribution in [3.05, 3.63) is 66.4 Å². The van der Waals surface area contributed by atoms with E-state index in [9.17, 15) is 9.59 Å². The van der Waals surface area contributed by atoms with Gasteiger partial charge in [0.25, 0.3) is 0 Å². The molecule has 5 aromatic rings. The van der Waals surface area contributed by atoms with Crippen molar-refractivity contribution in [2.45, 2.75) is 52.5 Å². The number of fused-ring (bicyclic) bond motifs is 2. The summed E-state index contributed by atoms with van der Waals surface area (Å²) in [5.74, 6) is -1.00. The number of hydrogen-bond donors (Lipinski definition) is 6. The predicted octanol–water partition coefficient (Wildman–Crippen LogP) is 5.56. The maximum absolute atomic E-state index is 10.4. The molecule has 0 amide bonds. The van der Waals surface area contributed by atoms with Crippen LogP contribution >= 0.6 is 0 Å². The molecule has 14 heteroatoms. The number of pyridine rings is 1. The number of H-pyrrole nitrogens is 1. The Bertz CT molecular complexity index is 1710. The molecule has 0 saturated heterocycles. The van der Waals surface area contributed by atoms with Gasteiger partial charge in [-0.1, -0.05) is 18.2 Å². The molecule has 1 aliphatic rings. The fraction of sp³-hybridized carbons (Fsp3) is 0.333. The molecule has 1 aliphatic carbocycles. The van der Waals surface area contributed by atoms with E-state index < -0.39 is 17.4 Å². The van der Waals surface area contributed by atoms with Crippen molar-refractivity contribution in [2.75, 3.05) is 11.9 Å². The Labute approximate surface area is 269 Å². The molecular formula is C30H39N9O4Pt. The predicted molar refractivity (Wildman–Crippen MR) is 166 cm³/mol. The minimum Gasteiger partial charge on any atom is -0.480 e. The van der Waals surface area contributed by atoms with Crippen molar-refractivity contribution < 1.29 is 40.9 Å². The number of aliphatic carboxylic acids is 2. The summed E-state index contributed by atoms with van der Waals surface area (Å²) in [5, 5.41) is 21.7. The van der Waals surface area contributed by atoms with E-state index in [1.54, 1.807) is 6.20 Å². The molecule has 0 bridgehead atoms. The first-order valence-electron chi connectivity index (χ1n) is 13.6. The van der Waals surface area contributed by atoms with Gasteiger partial charge in [0, 0.05) is 68.7 Å². The Morgan fingerprint density at radius 1 is 1.09 bits per heavy atom. The fourth-order valence-electron chi connectivity index (χ4n) is 4.93. The van der Waals surface area contributed by atoms with Crippen LogP contribution in [0.15, 0.2) is 55.2 Å². The third kappa shape index (κ3) is 7.12. The number of carboxylic acids is 2. The van der Waals surface area contributed by atoms with Gasteiger partial charge in [0.2, 0.25) is 0 Å². The Hall–Kier alpha value is -4.19. The summed E-state index contributed by atoms with van der Waals surface area (Å²) in [6.07, 6.45) is 9.70. The quantitative estimate of drug-likeness (QED) is 0.107. The van der Waals surface area contributed by atoms with Gasteiger partial charge in [-0.25, -0.2) is 15.0 Å². The summed E-state index contributed by atoms with van der Waals surface area (Å²) < 4.78 is 2.08. The van der Waals surface area contributed by atoms with Gasteiger partial charge in [0.1, 0.15) is 5.52 Å². The normalized spacial score (nSPS) is 13.0. The van der Waals surface area contributed by atoms with Crippen LogP contribution in [-0.2, 0) is 37.1 Å². The minimum atomic E-state index is -1.44. The molecule has 238 valence electrons. The number of hydrogen-bond acceptors (Lipinski definition) is 9. The van der Waals surface area contributed by atoms with E-state index >= 15 is 0 Å². The largest absolute Gasteiger partial charge is 0.480 e. The number of carboxylic acid groups (broad SMARTS) is 2. The molecular weight excluding hydrogens is 745 g/mol. The van der Waals surface area contributed by atoms with E-state index in [2.05, 4.69) is 69.1 Å². The number of aryl methyl sites for hydroxylation is 1. The standard InChI is InChI=1S/C24H25N7.C6H8O4.2H3N.Pt/c1-15(2)31-14-28-21-23(26-9-8-17-13-27-20-7-5-4-6-19(17)20)29-22(30-24(21)31)18-10-16(3)11-25-12-18;7-4(8)6(5(9)10)2-1-3-6;;;/h4-7,10-15,27H,8-9H2,1-3H3,(H,26,29,30);1-3H2,(H,7,8)(H,9,10);2*1H3;. The summed E-state index contributed by atoms with van der Waals surface area (Å²) in [6, 6.07) is 10.7. The van der Waals surface area contributed by atoms with Crippen molar-refractivity contribution in [3.63, 3.8) is 0 Å². The number of imidazole rings is 1. The van der Waals surface area contributed by atoms with Crippen LogP contribution in [0.25, 0.3) is 33.5 Å². The van der Waals surface area contributed by atoms with E-state index in [1.807, 2.05) is 25.5 Å². The summed E-state index contributed by atoms with van der Waals surface area (Å²) in [4.78, 5) is 42.6. The van der Waals surface area contributed by atoms with Gasteiger partial charge in [-0.2, -0.15) is 0 Å². The van der Waals surface area contributed by atoms with E-state index in [1.165, 1.54) is 10.9 Å². The van der Waals surface area contributed by atoms with E-state index in [0.717, 1.165) is 46.6 Å². The molecule has 0 spiro atoms. The molecule has 0 radical (unpaired) electrons. The minimum absolute atomic E-state index is 0. The number of para-hydroxylation sites is 1. The molecule has 44 heavy (non-hydrogen) atoms. The number of aromatic nitrogens is 6. The van der Waals surface area contributed by atoms with Crippen molar-refractivity contribution >= 4 is 39.8 Å². The SMILES string of the molecule is Cc1cncc(-c2nc(NCCc3c[nH]c4ccccc34)c3ncn(C(C)C)c3n2)c1.N.N.O=C(O)C1(C(=O)O)CCC1.[Pt]. The molecule has 0 atom stereocenters. The number of rotatable bonds is 8.